The van der Waals surface area contributed by atoms with E-state index in [2.05, 4.69) is 10.6 Å². The molecule has 20 heavy (non-hydrogen) atoms. The number of aryl methyl sites for hydroxylation is 1. The molecule has 3 N–H and O–H groups in total. The van der Waals surface area contributed by atoms with Gasteiger partial charge in [-0.1, -0.05) is 0 Å². The van der Waals surface area contributed by atoms with Crippen LogP contribution in [0.15, 0.2) is 10.5 Å². The van der Waals surface area contributed by atoms with E-state index in [1.807, 2.05) is 13.8 Å². The van der Waals surface area contributed by atoms with Gasteiger partial charge in [0.1, 0.15) is 17.1 Å². The van der Waals surface area contributed by atoms with Crippen molar-refractivity contribution in [1.82, 2.24) is 10.6 Å². The van der Waals surface area contributed by atoms with Crippen LogP contribution in [0.5, 0.6) is 0 Å². The van der Waals surface area contributed by atoms with E-state index in [9.17, 15) is 9.59 Å². The van der Waals surface area contributed by atoms with Crippen molar-refractivity contribution in [2.75, 3.05) is 13.2 Å². The Balaban J connectivity index is 2.41. The number of carbonyl (C=O) groups excluding carboxylic acids is 1. The zero-order valence-corrected chi connectivity index (χ0v) is 11.9. The standard InChI is InChI=1S/C13H20N2O5/c1-4-19-7-8(2)15-13(18)14-6-10-5-11(12(16)17)9(3)20-10/h5,8H,4,6-7H2,1-3H3,(H,16,17)(H2,14,15,18). The summed E-state index contributed by atoms with van der Waals surface area (Å²) in [6.07, 6.45) is 0. The van der Waals surface area contributed by atoms with Gasteiger partial charge in [-0.25, -0.2) is 9.59 Å². The van der Waals surface area contributed by atoms with Crippen LogP contribution in [0.25, 0.3) is 0 Å². The Morgan fingerprint density at radius 3 is 2.75 bits per heavy atom. The van der Waals surface area contributed by atoms with Crippen molar-refractivity contribution in [2.24, 2.45) is 0 Å². The first-order chi connectivity index (χ1) is 9.43. The van der Waals surface area contributed by atoms with Crippen LogP contribution in [0.4, 0.5) is 4.79 Å². The van der Waals surface area contributed by atoms with E-state index in [4.69, 9.17) is 14.3 Å². The van der Waals surface area contributed by atoms with Gasteiger partial charge in [0.25, 0.3) is 0 Å². The molecule has 0 fully saturated rings. The maximum atomic E-state index is 11.6. The molecule has 1 atom stereocenters. The first kappa shape index (κ1) is 16.0. The molecule has 7 heteroatoms. The molecule has 0 saturated carbocycles. The topological polar surface area (TPSA) is 101 Å². The molecule has 7 nitrogen and oxygen atoms in total. The van der Waals surface area contributed by atoms with Crippen LogP contribution in [-0.2, 0) is 11.3 Å². The van der Waals surface area contributed by atoms with E-state index >= 15 is 0 Å². The van der Waals surface area contributed by atoms with Crippen molar-refractivity contribution < 1.29 is 23.8 Å². The maximum Gasteiger partial charge on any atom is 0.339 e. The second-order valence-corrected chi connectivity index (χ2v) is 4.38. The molecule has 0 aliphatic carbocycles. The Hall–Kier alpha value is -2.02. The van der Waals surface area contributed by atoms with Crippen molar-refractivity contribution in [3.63, 3.8) is 0 Å². The van der Waals surface area contributed by atoms with Gasteiger partial charge in [-0.2, -0.15) is 0 Å². The average Bonchev–Trinajstić information content (AvgIpc) is 2.75. The zero-order valence-electron chi connectivity index (χ0n) is 11.9. The second kappa shape index (κ2) is 7.54. The molecular formula is C13H20N2O5. The minimum atomic E-state index is -1.05. The van der Waals surface area contributed by atoms with Crippen LogP contribution in [-0.4, -0.2) is 36.4 Å². The Labute approximate surface area is 117 Å². The summed E-state index contributed by atoms with van der Waals surface area (Å²) in [5, 5.41) is 14.2. The minimum Gasteiger partial charge on any atom is -0.478 e. The summed E-state index contributed by atoms with van der Waals surface area (Å²) in [5.41, 5.74) is 0.104. The zero-order chi connectivity index (χ0) is 15.1. The third-order valence-electron chi connectivity index (χ3n) is 2.57. The number of hydrogen-bond donors (Lipinski definition) is 3. The predicted octanol–water partition coefficient (Wildman–Crippen LogP) is 1.51. The summed E-state index contributed by atoms with van der Waals surface area (Å²) in [4.78, 5) is 22.4. The quantitative estimate of drug-likeness (QED) is 0.704. The second-order valence-electron chi connectivity index (χ2n) is 4.38. The molecule has 0 aromatic carbocycles. The van der Waals surface area contributed by atoms with E-state index in [0.717, 1.165) is 0 Å². The Bertz CT molecular complexity index is 469. The summed E-state index contributed by atoms with van der Waals surface area (Å²) in [6, 6.07) is 0.938. The third kappa shape index (κ3) is 4.93. The summed E-state index contributed by atoms with van der Waals surface area (Å²) in [6.45, 7) is 6.43. The average molecular weight is 284 g/mol. The summed E-state index contributed by atoms with van der Waals surface area (Å²) < 4.78 is 10.4. The predicted molar refractivity (Wildman–Crippen MR) is 71.7 cm³/mol. The SMILES string of the molecule is CCOCC(C)NC(=O)NCc1cc(C(=O)O)c(C)o1. The lowest BCUT2D eigenvalue weighted by molar-refractivity contribution is 0.0695. The fourth-order valence-electron chi connectivity index (χ4n) is 1.62. The first-order valence-corrected chi connectivity index (χ1v) is 6.38. The van der Waals surface area contributed by atoms with Gasteiger partial charge >= 0.3 is 12.0 Å². The van der Waals surface area contributed by atoms with Gasteiger partial charge in [-0.05, 0) is 26.8 Å². The van der Waals surface area contributed by atoms with E-state index in [1.54, 1.807) is 6.92 Å². The van der Waals surface area contributed by atoms with E-state index < -0.39 is 5.97 Å². The van der Waals surface area contributed by atoms with Gasteiger partial charge in [0.2, 0.25) is 0 Å². The van der Waals surface area contributed by atoms with E-state index in [1.165, 1.54) is 6.07 Å². The van der Waals surface area contributed by atoms with Gasteiger partial charge in [0, 0.05) is 6.61 Å². The molecule has 112 valence electrons. The van der Waals surface area contributed by atoms with E-state index in [0.29, 0.717) is 24.7 Å². The van der Waals surface area contributed by atoms with Crippen molar-refractivity contribution in [3.05, 3.63) is 23.2 Å². The van der Waals surface area contributed by atoms with Gasteiger partial charge in [-0.3, -0.25) is 0 Å². The largest absolute Gasteiger partial charge is 0.478 e. The molecule has 0 bridgehead atoms. The molecule has 0 aliphatic heterocycles. The molecule has 0 radical (unpaired) electrons. The minimum absolute atomic E-state index is 0.104. The number of furan rings is 1. The van der Waals surface area contributed by atoms with Gasteiger partial charge in [0.05, 0.1) is 19.2 Å². The monoisotopic (exact) mass is 284 g/mol. The lowest BCUT2D eigenvalue weighted by Crippen LogP contribution is -2.42. The lowest BCUT2D eigenvalue weighted by atomic mass is 10.2. The molecular weight excluding hydrogens is 264 g/mol. The van der Waals surface area contributed by atoms with Crippen LogP contribution in [0.2, 0.25) is 0 Å². The maximum absolute atomic E-state index is 11.6. The van der Waals surface area contributed by atoms with Crippen molar-refractivity contribution >= 4 is 12.0 Å². The smallest absolute Gasteiger partial charge is 0.339 e. The number of carboxylic acid groups (broad SMARTS) is 1. The molecule has 1 rings (SSSR count). The van der Waals surface area contributed by atoms with Gasteiger partial charge in [-0.15, -0.1) is 0 Å². The third-order valence-corrected chi connectivity index (χ3v) is 2.57. The molecule has 1 heterocycles. The number of carbonyl (C=O) groups is 2. The van der Waals surface area contributed by atoms with E-state index in [-0.39, 0.29) is 24.2 Å². The highest BCUT2D eigenvalue weighted by molar-refractivity contribution is 5.88. The fraction of sp³-hybridized carbons (Fsp3) is 0.538. The Morgan fingerprint density at radius 1 is 1.50 bits per heavy atom. The number of rotatable bonds is 7. The lowest BCUT2D eigenvalue weighted by Gasteiger charge is -2.13. The molecule has 1 aromatic heterocycles. The Morgan fingerprint density at radius 2 is 2.20 bits per heavy atom. The highest BCUT2D eigenvalue weighted by atomic mass is 16.5. The molecule has 2 amide bonds. The number of nitrogens with one attached hydrogen (secondary N) is 2. The number of amides is 2. The van der Waals surface area contributed by atoms with Crippen LogP contribution in [0.1, 0.15) is 35.7 Å². The highest BCUT2D eigenvalue weighted by Crippen LogP contribution is 2.14. The number of ether oxygens (including phenoxy) is 1. The normalized spacial score (nSPS) is 11.9. The van der Waals surface area contributed by atoms with Crippen molar-refractivity contribution in [3.8, 4) is 0 Å². The summed E-state index contributed by atoms with van der Waals surface area (Å²) in [7, 11) is 0. The fourth-order valence-corrected chi connectivity index (χ4v) is 1.62. The van der Waals surface area contributed by atoms with Crippen LogP contribution in [0.3, 0.4) is 0 Å². The van der Waals surface area contributed by atoms with Gasteiger partial charge in [0.15, 0.2) is 0 Å². The van der Waals surface area contributed by atoms with Gasteiger partial charge < -0.3 is 24.9 Å². The summed E-state index contributed by atoms with van der Waals surface area (Å²) in [5.74, 6) is -0.334. The number of carboxylic acids is 1. The first-order valence-electron chi connectivity index (χ1n) is 6.38. The molecule has 0 saturated heterocycles. The molecule has 1 unspecified atom stereocenters. The molecule has 0 spiro atoms. The van der Waals surface area contributed by atoms with Crippen molar-refractivity contribution in [2.45, 2.75) is 33.4 Å². The highest BCUT2D eigenvalue weighted by Gasteiger charge is 2.14. The van der Waals surface area contributed by atoms with Crippen LogP contribution < -0.4 is 10.6 Å². The summed E-state index contributed by atoms with van der Waals surface area (Å²) >= 11 is 0. The number of hydrogen-bond acceptors (Lipinski definition) is 4. The van der Waals surface area contributed by atoms with Crippen LogP contribution in [0, 0.1) is 6.92 Å². The Kier molecular flexibility index (Phi) is 6.05. The molecule has 0 aliphatic rings. The van der Waals surface area contributed by atoms with Crippen LogP contribution >= 0.6 is 0 Å². The molecule has 1 aromatic rings. The van der Waals surface area contributed by atoms with Crippen molar-refractivity contribution in [1.29, 1.82) is 0 Å². The number of aromatic carboxylic acids is 1. The number of urea groups is 1.